The molecular formula is C14H18O5S. The summed E-state index contributed by atoms with van der Waals surface area (Å²) in [6.45, 7) is 0.161. The molecule has 1 aromatic carbocycles. The van der Waals surface area contributed by atoms with E-state index in [1.54, 1.807) is 0 Å². The van der Waals surface area contributed by atoms with E-state index in [1.165, 1.54) is 0 Å². The lowest BCUT2D eigenvalue weighted by Crippen LogP contribution is -2.41. The van der Waals surface area contributed by atoms with E-state index in [0.29, 0.717) is 0 Å². The molecule has 0 unspecified atom stereocenters. The molecule has 0 bridgehead atoms. The van der Waals surface area contributed by atoms with Crippen LogP contribution in [0.2, 0.25) is 0 Å². The van der Waals surface area contributed by atoms with Gasteiger partial charge in [0, 0.05) is 0 Å². The molecule has 6 heteroatoms. The monoisotopic (exact) mass is 298 g/mol. The Morgan fingerprint density at radius 1 is 1.20 bits per heavy atom. The molecule has 1 aliphatic rings. The van der Waals surface area contributed by atoms with Crippen molar-refractivity contribution in [3.05, 3.63) is 35.9 Å². The number of benzene rings is 1. The van der Waals surface area contributed by atoms with Crippen molar-refractivity contribution in [2.75, 3.05) is 11.5 Å². The van der Waals surface area contributed by atoms with Crippen LogP contribution in [0.1, 0.15) is 24.8 Å². The van der Waals surface area contributed by atoms with Gasteiger partial charge in [-0.3, -0.25) is 4.79 Å². The molecule has 0 amide bonds. The fraction of sp³-hybridized carbons (Fsp3) is 0.500. The van der Waals surface area contributed by atoms with E-state index in [0.717, 1.165) is 5.56 Å². The van der Waals surface area contributed by atoms with Crippen molar-refractivity contribution in [2.45, 2.75) is 31.5 Å². The Hall–Kier alpha value is -1.40. The number of rotatable bonds is 4. The van der Waals surface area contributed by atoms with Gasteiger partial charge >= 0.3 is 5.97 Å². The summed E-state index contributed by atoms with van der Waals surface area (Å²) in [5.41, 5.74) is -0.377. The first-order valence-electron chi connectivity index (χ1n) is 6.51. The summed E-state index contributed by atoms with van der Waals surface area (Å²) in [5, 5.41) is 10.2. The molecule has 110 valence electrons. The van der Waals surface area contributed by atoms with Crippen LogP contribution in [0.25, 0.3) is 0 Å². The molecule has 0 atom stereocenters. The molecule has 1 N–H and O–H groups in total. The van der Waals surface area contributed by atoms with Crippen LogP contribution < -0.4 is 0 Å². The number of aliphatic hydroxyl groups is 1. The van der Waals surface area contributed by atoms with Gasteiger partial charge in [-0.05, 0) is 18.4 Å². The molecule has 0 saturated carbocycles. The second-order valence-electron chi connectivity index (χ2n) is 5.20. The Labute approximate surface area is 118 Å². The minimum atomic E-state index is -3.06. The van der Waals surface area contributed by atoms with E-state index in [4.69, 9.17) is 4.74 Å². The van der Waals surface area contributed by atoms with Crippen molar-refractivity contribution in [1.29, 1.82) is 0 Å². The van der Waals surface area contributed by atoms with Crippen molar-refractivity contribution in [3.63, 3.8) is 0 Å². The van der Waals surface area contributed by atoms with Gasteiger partial charge < -0.3 is 9.84 Å². The number of sulfone groups is 1. The van der Waals surface area contributed by atoms with E-state index < -0.39 is 21.4 Å². The molecule has 1 heterocycles. The number of hydrogen-bond acceptors (Lipinski definition) is 5. The molecule has 1 aromatic rings. The van der Waals surface area contributed by atoms with Gasteiger partial charge in [0.05, 0.1) is 23.5 Å². The first kappa shape index (κ1) is 15.0. The number of esters is 1. The molecular weight excluding hydrogens is 280 g/mol. The smallest absolute Gasteiger partial charge is 0.309 e. The van der Waals surface area contributed by atoms with Crippen LogP contribution in [-0.4, -0.2) is 36.6 Å². The molecule has 1 saturated heterocycles. The van der Waals surface area contributed by atoms with Crippen LogP contribution in [0.4, 0.5) is 0 Å². The maximum Gasteiger partial charge on any atom is 0.309 e. The second-order valence-corrected chi connectivity index (χ2v) is 7.50. The third-order valence-corrected chi connectivity index (χ3v) is 5.13. The topological polar surface area (TPSA) is 80.7 Å². The number of ether oxygens (including phenoxy) is 1. The standard InChI is InChI=1S/C14H18O5S/c15-13(19-11-12-4-2-1-3-5-12)10-14(16)6-8-20(17,18)9-7-14/h1-5,16H,6-11H2. The zero-order valence-corrected chi connectivity index (χ0v) is 11.9. The third-order valence-electron chi connectivity index (χ3n) is 3.47. The molecule has 0 radical (unpaired) electrons. The first-order valence-corrected chi connectivity index (χ1v) is 8.33. The molecule has 20 heavy (non-hydrogen) atoms. The van der Waals surface area contributed by atoms with Crippen molar-refractivity contribution in [3.8, 4) is 0 Å². The van der Waals surface area contributed by atoms with Crippen molar-refractivity contribution in [2.24, 2.45) is 0 Å². The lowest BCUT2D eigenvalue weighted by molar-refractivity contribution is -0.150. The highest BCUT2D eigenvalue weighted by molar-refractivity contribution is 7.91. The Bertz CT molecular complexity index is 550. The van der Waals surface area contributed by atoms with E-state index in [-0.39, 0.29) is 37.4 Å². The normalized spacial score (nSPS) is 20.2. The lowest BCUT2D eigenvalue weighted by atomic mass is 9.93. The van der Waals surface area contributed by atoms with E-state index in [9.17, 15) is 18.3 Å². The van der Waals surface area contributed by atoms with Gasteiger partial charge in [-0.15, -0.1) is 0 Å². The summed E-state index contributed by atoms with van der Waals surface area (Å²) >= 11 is 0. The average molecular weight is 298 g/mol. The van der Waals surface area contributed by atoms with Gasteiger partial charge in [0.2, 0.25) is 0 Å². The molecule has 0 spiro atoms. The molecule has 1 fully saturated rings. The minimum Gasteiger partial charge on any atom is -0.461 e. The number of carbonyl (C=O) groups excluding carboxylic acids is 1. The summed E-state index contributed by atoms with van der Waals surface area (Å²) in [5.74, 6) is -0.652. The first-order chi connectivity index (χ1) is 9.39. The summed E-state index contributed by atoms with van der Waals surface area (Å²) in [4.78, 5) is 11.7. The maximum atomic E-state index is 11.7. The van der Waals surface area contributed by atoms with Crippen LogP contribution >= 0.6 is 0 Å². The Balaban J connectivity index is 1.82. The van der Waals surface area contributed by atoms with Crippen LogP contribution in [-0.2, 0) is 26.0 Å². The Morgan fingerprint density at radius 2 is 1.80 bits per heavy atom. The maximum absolute atomic E-state index is 11.7. The molecule has 5 nitrogen and oxygen atoms in total. The molecule has 2 rings (SSSR count). The van der Waals surface area contributed by atoms with Crippen LogP contribution in [0.15, 0.2) is 30.3 Å². The third kappa shape index (κ3) is 4.31. The van der Waals surface area contributed by atoms with Gasteiger partial charge in [-0.25, -0.2) is 8.42 Å². The predicted molar refractivity (Wildman–Crippen MR) is 73.7 cm³/mol. The summed E-state index contributed by atoms with van der Waals surface area (Å²) in [6.07, 6.45) is 0.0287. The number of carbonyl (C=O) groups is 1. The van der Waals surface area contributed by atoms with E-state index in [1.807, 2.05) is 30.3 Å². The molecule has 0 aromatic heterocycles. The highest BCUT2D eigenvalue weighted by Gasteiger charge is 2.37. The molecule has 1 aliphatic heterocycles. The van der Waals surface area contributed by atoms with Gasteiger partial charge in [0.15, 0.2) is 9.84 Å². The zero-order valence-electron chi connectivity index (χ0n) is 11.1. The fourth-order valence-electron chi connectivity index (χ4n) is 2.15. The highest BCUT2D eigenvalue weighted by atomic mass is 32.2. The minimum absolute atomic E-state index is 0.0739. The van der Waals surface area contributed by atoms with E-state index >= 15 is 0 Å². The summed E-state index contributed by atoms with van der Waals surface area (Å²) < 4.78 is 27.7. The largest absolute Gasteiger partial charge is 0.461 e. The van der Waals surface area contributed by atoms with Crippen molar-refractivity contribution >= 4 is 15.8 Å². The fourth-order valence-corrected chi connectivity index (χ4v) is 3.74. The van der Waals surface area contributed by atoms with Crippen LogP contribution in [0.5, 0.6) is 0 Å². The Kier molecular flexibility index (Phi) is 4.45. The second kappa shape index (κ2) is 5.93. The molecule has 0 aliphatic carbocycles. The van der Waals surface area contributed by atoms with Gasteiger partial charge in [-0.1, -0.05) is 30.3 Å². The van der Waals surface area contributed by atoms with Crippen molar-refractivity contribution < 1.29 is 23.1 Å². The average Bonchev–Trinajstić information content (AvgIpc) is 2.42. The SMILES string of the molecule is O=C(CC1(O)CCS(=O)(=O)CC1)OCc1ccccc1. The van der Waals surface area contributed by atoms with Gasteiger partial charge in [0.1, 0.15) is 6.61 Å². The van der Waals surface area contributed by atoms with Crippen molar-refractivity contribution in [1.82, 2.24) is 0 Å². The zero-order chi connectivity index (χ0) is 14.6. The Morgan fingerprint density at radius 3 is 2.40 bits per heavy atom. The summed E-state index contributed by atoms with van der Waals surface area (Å²) in [6, 6.07) is 9.26. The predicted octanol–water partition coefficient (Wildman–Crippen LogP) is 1.06. The number of hydrogen-bond donors (Lipinski definition) is 1. The van der Waals surface area contributed by atoms with Gasteiger partial charge in [0.25, 0.3) is 0 Å². The van der Waals surface area contributed by atoms with Crippen LogP contribution in [0, 0.1) is 0 Å². The van der Waals surface area contributed by atoms with Crippen LogP contribution in [0.3, 0.4) is 0 Å². The summed E-state index contributed by atoms with van der Waals surface area (Å²) in [7, 11) is -3.06. The van der Waals surface area contributed by atoms with Gasteiger partial charge in [-0.2, -0.15) is 0 Å². The van der Waals surface area contributed by atoms with E-state index in [2.05, 4.69) is 0 Å². The highest BCUT2D eigenvalue weighted by Crippen LogP contribution is 2.27. The lowest BCUT2D eigenvalue weighted by Gasteiger charge is -2.30. The quantitative estimate of drug-likeness (QED) is 0.841.